The summed E-state index contributed by atoms with van der Waals surface area (Å²) in [5.74, 6) is 0.506. The summed E-state index contributed by atoms with van der Waals surface area (Å²) in [4.78, 5) is 20.7. The van der Waals surface area contributed by atoms with Crippen molar-refractivity contribution in [3.8, 4) is 0 Å². The molecule has 4 aromatic rings. The van der Waals surface area contributed by atoms with Crippen LogP contribution < -0.4 is 5.32 Å². The van der Waals surface area contributed by atoms with Crippen LogP contribution in [-0.2, 0) is 6.42 Å². The average Bonchev–Trinajstić information content (AvgIpc) is 3.06. The zero-order chi connectivity index (χ0) is 18.8. The number of aromatic nitrogens is 2. The SMILES string of the molecule is Cc1cc(C)c2oc(Cc3ccc(NC(=O)c4cccnc4)cc3)nc2c1. The molecule has 0 fully saturated rings. The van der Waals surface area contributed by atoms with Gasteiger partial charge in [0.15, 0.2) is 11.5 Å². The quantitative estimate of drug-likeness (QED) is 0.576. The molecule has 4 rings (SSSR count). The molecular formula is C22H19N3O2. The van der Waals surface area contributed by atoms with Crippen LogP contribution in [-0.4, -0.2) is 15.9 Å². The molecule has 5 nitrogen and oxygen atoms in total. The number of carbonyl (C=O) groups is 1. The summed E-state index contributed by atoms with van der Waals surface area (Å²) in [5, 5.41) is 2.87. The number of nitrogens with one attached hydrogen (secondary N) is 1. The van der Waals surface area contributed by atoms with E-state index in [1.54, 1.807) is 24.5 Å². The largest absolute Gasteiger partial charge is 0.440 e. The van der Waals surface area contributed by atoms with Crippen molar-refractivity contribution < 1.29 is 9.21 Å². The second kappa shape index (κ2) is 7.03. The highest BCUT2D eigenvalue weighted by Crippen LogP contribution is 2.23. The predicted octanol–water partition coefficient (Wildman–Crippen LogP) is 4.68. The second-order valence-corrected chi connectivity index (χ2v) is 6.61. The molecule has 0 spiro atoms. The number of fused-ring (bicyclic) bond motifs is 1. The number of hydrogen-bond donors (Lipinski definition) is 1. The zero-order valence-corrected chi connectivity index (χ0v) is 15.2. The minimum absolute atomic E-state index is 0.180. The zero-order valence-electron chi connectivity index (χ0n) is 15.2. The highest BCUT2D eigenvalue weighted by Gasteiger charge is 2.10. The molecular weight excluding hydrogens is 338 g/mol. The fourth-order valence-corrected chi connectivity index (χ4v) is 3.08. The standard InChI is InChI=1S/C22H19N3O2/c1-14-10-15(2)21-19(11-14)25-20(27-21)12-16-5-7-18(8-6-16)24-22(26)17-4-3-9-23-13-17/h3-11,13H,12H2,1-2H3,(H,24,26). The highest BCUT2D eigenvalue weighted by atomic mass is 16.3. The molecule has 1 N–H and O–H groups in total. The van der Waals surface area contributed by atoms with E-state index in [4.69, 9.17) is 4.42 Å². The van der Waals surface area contributed by atoms with Crippen molar-refractivity contribution in [1.29, 1.82) is 0 Å². The van der Waals surface area contributed by atoms with E-state index in [9.17, 15) is 4.79 Å². The summed E-state index contributed by atoms with van der Waals surface area (Å²) in [7, 11) is 0. The lowest BCUT2D eigenvalue weighted by Gasteiger charge is -2.05. The molecule has 0 unspecified atom stereocenters. The van der Waals surface area contributed by atoms with Crippen LogP contribution in [0.3, 0.4) is 0 Å². The molecule has 2 aromatic heterocycles. The van der Waals surface area contributed by atoms with E-state index in [0.717, 1.165) is 27.9 Å². The van der Waals surface area contributed by atoms with Crippen LogP contribution in [0.4, 0.5) is 5.69 Å². The molecule has 5 heteroatoms. The van der Waals surface area contributed by atoms with Crippen LogP contribution in [0.2, 0.25) is 0 Å². The van der Waals surface area contributed by atoms with Gasteiger partial charge in [-0.25, -0.2) is 4.98 Å². The Morgan fingerprint density at radius 3 is 2.67 bits per heavy atom. The Morgan fingerprint density at radius 1 is 1.11 bits per heavy atom. The summed E-state index contributed by atoms with van der Waals surface area (Å²) < 4.78 is 5.92. The molecule has 0 radical (unpaired) electrons. The normalized spacial score (nSPS) is 10.9. The fourth-order valence-electron chi connectivity index (χ4n) is 3.08. The molecule has 0 saturated carbocycles. The molecule has 0 aliphatic heterocycles. The summed E-state index contributed by atoms with van der Waals surface area (Å²) in [6, 6.07) is 15.3. The minimum atomic E-state index is -0.180. The molecule has 134 valence electrons. The maximum atomic E-state index is 12.2. The van der Waals surface area contributed by atoms with Crippen molar-refractivity contribution in [1.82, 2.24) is 9.97 Å². The van der Waals surface area contributed by atoms with E-state index < -0.39 is 0 Å². The van der Waals surface area contributed by atoms with Crippen molar-refractivity contribution in [3.05, 3.63) is 89.1 Å². The first-order valence-corrected chi connectivity index (χ1v) is 8.75. The van der Waals surface area contributed by atoms with E-state index >= 15 is 0 Å². The number of carbonyl (C=O) groups excluding carboxylic acids is 1. The van der Waals surface area contributed by atoms with Gasteiger partial charge in [-0.05, 0) is 60.9 Å². The van der Waals surface area contributed by atoms with Crippen LogP contribution in [0.15, 0.2) is 65.3 Å². The second-order valence-electron chi connectivity index (χ2n) is 6.61. The van der Waals surface area contributed by atoms with Gasteiger partial charge in [-0.1, -0.05) is 18.2 Å². The Labute approximate surface area is 157 Å². The van der Waals surface area contributed by atoms with Crippen LogP contribution in [0, 0.1) is 13.8 Å². The van der Waals surface area contributed by atoms with Gasteiger partial charge in [-0.2, -0.15) is 0 Å². The van der Waals surface area contributed by atoms with Gasteiger partial charge < -0.3 is 9.73 Å². The van der Waals surface area contributed by atoms with Crippen molar-refractivity contribution in [2.24, 2.45) is 0 Å². The van der Waals surface area contributed by atoms with Crippen molar-refractivity contribution in [2.75, 3.05) is 5.32 Å². The van der Waals surface area contributed by atoms with Gasteiger partial charge in [-0.3, -0.25) is 9.78 Å². The van der Waals surface area contributed by atoms with Crippen molar-refractivity contribution >= 4 is 22.7 Å². The Hall–Kier alpha value is -3.47. The molecule has 2 heterocycles. The van der Waals surface area contributed by atoms with Crippen molar-refractivity contribution in [3.63, 3.8) is 0 Å². The topological polar surface area (TPSA) is 68.0 Å². The summed E-state index contributed by atoms with van der Waals surface area (Å²) in [6.07, 6.45) is 3.78. The first-order chi connectivity index (χ1) is 13.1. The van der Waals surface area contributed by atoms with Gasteiger partial charge in [0.2, 0.25) is 0 Å². The number of benzene rings is 2. The van der Waals surface area contributed by atoms with Crippen molar-refractivity contribution in [2.45, 2.75) is 20.3 Å². The summed E-state index contributed by atoms with van der Waals surface area (Å²) in [6.45, 7) is 4.09. The lowest BCUT2D eigenvalue weighted by molar-refractivity contribution is 0.102. The number of nitrogens with zero attached hydrogens (tertiary/aromatic N) is 2. The lowest BCUT2D eigenvalue weighted by atomic mass is 10.1. The molecule has 27 heavy (non-hydrogen) atoms. The van der Waals surface area contributed by atoms with Gasteiger partial charge in [0, 0.05) is 24.5 Å². The Balaban J connectivity index is 1.48. The number of rotatable bonds is 4. The monoisotopic (exact) mass is 357 g/mol. The smallest absolute Gasteiger partial charge is 0.257 e. The van der Waals surface area contributed by atoms with Crippen LogP contribution in [0.1, 0.15) is 32.9 Å². The third kappa shape index (κ3) is 3.72. The maximum absolute atomic E-state index is 12.2. The van der Waals surface area contributed by atoms with Crippen LogP contribution in [0.25, 0.3) is 11.1 Å². The van der Waals surface area contributed by atoms with E-state index in [0.29, 0.717) is 17.9 Å². The average molecular weight is 357 g/mol. The van der Waals surface area contributed by atoms with Gasteiger partial charge in [0.25, 0.3) is 5.91 Å². The molecule has 0 atom stereocenters. The number of amides is 1. The first kappa shape index (κ1) is 17.0. The number of anilines is 1. The predicted molar refractivity (Wildman–Crippen MR) is 105 cm³/mol. The third-order valence-electron chi connectivity index (χ3n) is 4.36. The first-order valence-electron chi connectivity index (χ1n) is 8.75. The van der Waals surface area contributed by atoms with Crippen LogP contribution >= 0.6 is 0 Å². The number of hydrogen-bond acceptors (Lipinski definition) is 4. The highest BCUT2D eigenvalue weighted by molar-refractivity contribution is 6.04. The molecule has 2 aromatic carbocycles. The number of pyridine rings is 1. The Morgan fingerprint density at radius 2 is 1.93 bits per heavy atom. The molecule has 1 amide bonds. The molecule has 0 aliphatic rings. The van der Waals surface area contributed by atoms with Gasteiger partial charge in [-0.15, -0.1) is 0 Å². The van der Waals surface area contributed by atoms with Gasteiger partial charge >= 0.3 is 0 Å². The molecule has 0 aliphatic carbocycles. The molecule has 0 saturated heterocycles. The Bertz CT molecular complexity index is 1100. The fraction of sp³-hybridized carbons (Fsp3) is 0.136. The Kier molecular flexibility index (Phi) is 4.42. The lowest BCUT2D eigenvalue weighted by Crippen LogP contribution is -2.11. The maximum Gasteiger partial charge on any atom is 0.257 e. The third-order valence-corrected chi connectivity index (χ3v) is 4.36. The van der Waals surface area contributed by atoms with E-state index in [-0.39, 0.29) is 5.91 Å². The molecule has 0 bridgehead atoms. The summed E-state index contributed by atoms with van der Waals surface area (Å²) in [5.41, 5.74) is 6.33. The van der Waals surface area contributed by atoms with E-state index in [1.807, 2.05) is 37.3 Å². The van der Waals surface area contributed by atoms with E-state index in [1.165, 1.54) is 5.56 Å². The van der Waals surface area contributed by atoms with Gasteiger partial charge in [0.1, 0.15) is 5.52 Å². The summed E-state index contributed by atoms with van der Waals surface area (Å²) >= 11 is 0. The number of oxazole rings is 1. The van der Waals surface area contributed by atoms with Crippen LogP contribution in [0.5, 0.6) is 0 Å². The van der Waals surface area contributed by atoms with Gasteiger partial charge in [0.05, 0.1) is 5.56 Å². The van der Waals surface area contributed by atoms with E-state index in [2.05, 4.69) is 28.3 Å². The minimum Gasteiger partial charge on any atom is -0.440 e. The number of aryl methyl sites for hydroxylation is 2.